The van der Waals surface area contributed by atoms with Crippen LogP contribution in [0, 0.1) is 0 Å². The lowest BCUT2D eigenvalue weighted by atomic mass is 10.0. The fourth-order valence-electron chi connectivity index (χ4n) is 3.61. The van der Waals surface area contributed by atoms with Gasteiger partial charge in [0.15, 0.2) is 0 Å². The molecule has 0 atom stereocenters. The fraction of sp³-hybridized carbons (Fsp3) is 0.0417. The van der Waals surface area contributed by atoms with E-state index >= 15 is 0 Å². The van der Waals surface area contributed by atoms with Gasteiger partial charge in [0, 0.05) is 23.1 Å². The molecule has 2 heterocycles. The van der Waals surface area contributed by atoms with E-state index in [1.807, 2.05) is 53.9 Å². The number of anilines is 2. The number of halogens is 1. The smallest absolute Gasteiger partial charge is 0.257 e. The van der Waals surface area contributed by atoms with Gasteiger partial charge in [0.05, 0.1) is 5.52 Å². The highest BCUT2D eigenvalue weighted by Gasteiger charge is 2.15. The molecule has 5 nitrogen and oxygen atoms in total. The van der Waals surface area contributed by atoms with Gasteiger partial charge < -0.3 is 4.90 Å². The Morgan fingerprint density at radius 3 is 2.63 bits per heavy atom. The van der Waals surface area contributed by atoms with Crippen LogP contribution < -0.4 is 4.90 Å². The highest BCUT2D eigenvalue weighted by atomic mass is 35.5. The molecule has 5 rings (SSSR count). The molecule has 0 aliphatic heterocycles. The Morgan fingerprint density at radius 1 is 1.00 bits per heavy atom. The number of rotatable bonds is 4. The van der Waals surface area contributed by atoms with Gasteiger partial charge in [-0.2, -0.15) is 4.98 Å². The number of aromatic nitrogens is 4. The lowest BCUT2D eigenvalue weighted by molar-refractivity contribution is 1.08. The summed E-state index contributed by atoms with van der Waals surface area (Å²) in [5.74, 6) is 1.37. The van der Waals surface area contributed by atoms with E-state index in [-0.39, 0.29) is 0 Å². The summed E-state index contributed by atoms with van der Waals surface area (Å²) in [5.41, 5.74) is 5.25. The second-order valence-electron chi connectivity index (χ2n) is 7.03. The lowest BCUT2D eigenvalue weighted by Crippen LogP contribution is -2.13. The molecule has 0 saturated heterocycles. The summed E-state index contributed by atoms with van der Waals surface area (Å²) >= 11 is 6.04. The minimum Gasteiger partial charge on any atom is -0.329 e. The van der Waals surface area contributed by atoms with E-state index in [2.05, 4.69) is 52.0 Å². The van der Waals surface area contributed by atoms with Gasteiger partial charge >= 0.3 is 0 Å². The van der Waals surface area contributed by atoms with Crippen molar-refractivity contribution in [3.8, 4) is 11.1 Å². The Balaban J connectivity index is 1.65. The molecular weight excluding hydrogens is 394 g/mol. The molecule has 0 spiro atoms. The maximum atomic E-state index is 6.04. The largest absolute Gasteiger partial charge is 0.329 e. The summed E-state index contributed by atoms with van der Waals surface area (Å²) in [5, 5.41) is 9.94. The summed E-state index contributed by atoms with van der Waals surface area (Å²) in [7, 11) is 2.01. The highest BCUT2D eigenvalue weighted by Crippen LogP contribution is 2.33. The van der Waals surface area contributed by atoms with Gasteiger partial charge in [0.1, 0.15) is 12.1 Å². The monoisotopic (exact) mass is 411 g/mol. The van der Waals surface area contributed by atoms with Crippen LogP contribution in [0.5, 0.6) is 0 Å². The Kier molecular flexibility index (Phi) is 4.45. The summed E-state index contributed by atoms with van der Waals surface area (Å²) in [6, 6.07) is 22.4. The Labute approximate surface area is 178 Å². The summed E-state index contributed by atoms with van der Waals surface area (Å²) < 4.78 is 1.89. The van der Waals surface area contributed by atoms with Crippen LogP contribution in [-0.2, 0) is 0 Å². The molecule has 0 amide bonds. The third-order valence-corrected chi connectivity index (χ3v) is 5.47. The average molecular weight is 412 g/mol. The van der Waals surface area contributed by atoms with Crippen molar-refractivity contribution in [2.75, 3.05) is 11.9 Å². The van der Waals surface area contributed by atoms with Crippen LogP contribution in [0.25, 0.3) is 33.9 Å². The van der Waals surface area contributed by atoms with E-state index in [1.165, 1.54) is 0 Å². The standard InChI is InChI=1S/C24H18ClN5/c1-3-16-7-12-21-22(13-16)30-15-26-28-24(30)27-23(21)29(2)20-6-4-5-18(14-20)17-8-10-19(25)11-9-17/h3-15H,1H2,2H3. The average Bonchev–Trinajstić information content (AvgIpc) is 3.27. The molecule has 0 N–H and O–H groups in total. The third kappa shape index (κ3) is 3.09. The molecular formula is C24H18ClN5. The first kappa shape index (κ1) is 18.3. The summed E-state index contributed by atoms with van der Waals surface area (Å²) in [4.78, 5) is 6.85. The zero-order valence-corrected chi connectivity index (χ0v) is 17.1. The summed E-state index contributed by atoms with van der Waals surface area (Å²) in [6.07, 6.45) is 3.51. The van der Waals surface area contributed by atoms with Gasteiger partial charge in [0.25, 0.3) is 5.78 Å². The zero-order valence-electron chi connectivity index (χ0n) is 16.3. The first-order valence-corrected chi connectivity index (χ1v) is 9.87. The second kappa shape index (κ2) is 7.28. The maximum absolute atomic E-state index is 6.04. The number of fused-ring (bicyclic) bond motifs is 3. The van der Waals surface area contributed by atoms with Crippen molar-refractivity contribution in [1.82, 2.24) is 19.6 Å². The van der Waals surface area contributed by atoms with Crippen LogP contribution in [0.15, 0.2) is 79.6 Å². The molecule has 0 saturated carbocycles. The van der Waals surface area contributed by atoms with Crippen LogP contribution in [0.4, 0.5) is 11.5 Å². The molecule has 0 fully saturated rings. The molecule has 5 aromatic rings. The van der Waals surface area contributed by atoms with Crippen molar-refractivity contribution in [2.45, 2.75) is 0 Å². The van der Waals surface area contributed by atoms with Gasteiger partial charge in [-0.15, -0.1) is 10.2 Å². The van der Waals surface area contributed by atoms with Crippen molar-refractivity contribution in [1.29, 1.82) is 0 Å². The van der Waals surface area contributed by atoms with E-state index < -0.39 is 0 Å². The maximum Gasteiger partial charge on any atom is 0.257 e. The fourth-order valence-corrected chi connectivity index (χ4v) is 3.73. The Bertz CT molecular complexity index is 1390. The topological polar surface area (TPSA) is 46.3 Å². The lowest BCUT2D eigenvalue weighted by Gasteiger charge is -2.21. The second-order valence-corrected chi connectivity index (χ2v) is 7.47. The first-order chi connectivity index (χ1) is 14.6. The molecule has 0 bridgehead atoms. The minimum absolute atomic E-state index is 0.555. The molecule has 0 aliphatic rings. The van der Waals surface area contributed by atoms with Gasteiger partial charge in [0.2, 0.25) is 0 Å². The Hall–Kier alpha value is -3.70. The van der Waals surface area contributed by atoms with Crippen LogP contribution >= 0.6 is 11.6 Å². The van der Waals surface area contributed by atoms with Gasteiger partial charge in [-0.25, -0.2) is 0 Å². The van der Waals surface area contributed by atoms with E-state index in [4.69, 9.17) is 16.6 Å². The number of benzene rings is 3. The van der Waals surface area contributed by atoms with E-state index in [9.17, 15) is 0 Å². The van der Waals surface area contributed by atoms with E-state index in [1.54, 1.807) is 6.33 Å². The molecule has 146 valence electrons. The predicted molar refractivity (Wildman–Crippen MR) is 123 cm³/mol. The molecule has 3 aromatic carbocycles. The first-order valence-electron chi connectivity index (χ1n) is 9.50. The van der Waals surface area contributed by atoms with Crippen molar-refractivity contribution in [2.24, 2.45) is 0 Å². The number of nitrogens with zero attached hydrogens (tertiary/aromatic N) is 5. The third-order valence-electron chi connectivity index (χ3n) is 5.22. The van der Waals surface area contributed by atoms with Crippen molar-refractivity contribution >= 4 is 45.9 Å². The summed E-state index contributed by atoms with van der Waals surface area (Å²) in [6.45, 7) is 3.88. The molecule has 0 unspecified atom stereocenters. The van der Waals surface area contributed by atoms with Crippen molar-refractivity contribution < 1.29 is 0 Å². The predicted octanol–water partition coefficient (Wildman–Crippen LogP) is 6.01. The zero-order chi connectivity index (χ0) is 20.7. The minimum atomic E-state index is 0.555. The normalized spacial score (nSPS) is 11.1. The van der Waals surface area contributed by atoms with Crippen LogP contribution in [0.3, 0.4) is 0 Å². The molecule has 6 heteroatoms. The van der Waals surface area contributed by atoms with Crippen molar-refractivity contribution in [3.63, 3.8) is 0 Å². The quantitative estimate of drug-likeness (QED) is 0.363. The van der Waals surface area contributed by atoms with Crippen molar-refractivity contribution in [3.05, 3.63) is 90.2 Å². The SMILES string of the molecule is C=Cc1ccc2c(N(C)c3cccc(-c4ccc(Cl)cc4)c3)nc3nncn3c2c1. The van der Waals surface area contributed by atoms with E-state index in [0.717, 1.165) is 44.1 Å². The van der Waals surface area contributed by atoms with Gasteiger partial charge in [-0.1, -0.05) is 54.6 Å². The molecule has 2 aromatic heterocycles. The van der Waals surface area contributed by atoms with Crippen LogP contribution in [0.1, 0.15) is 5.56 Å². The van der Waals surface area contributed by atoms with Crippen LogP contribution in [-0.4, -0.2) is 26.6 Å². The molecule has 0 aliphatic carbocycles. The van der Waals surface area contributed by atoms with E-state index in [0.29, 0.717) is 5.78 Å². The number of hydrogen-bond acceptors (Lipinski definition) is 4. The molecule has 0 radical (unpaired) electrons. The van der Waals surface area contributed by atoms with Gasteiger partial charge in [-0.05, 0) is 53.1 Å². The highest BCUT2D eigenvalue weighted by molar-refractivity contribution is 6.30. The number of hydrogen-bond donors (Lipinski definition) is 0. The van der Waals surface area contributed by atoms with Gasteiger partial charge in [-0.3, -0.25) is 4.40 Å². The Morgan fingerprint density at radius 2 is 1.83 bits per heavy atom. The molecule has 30 heavy (non-hydrogen) atoms. The van der Waals surface area contributed by atoms with Crippen LogP contribution in [0.2, 0.25) is 5.02 Å².